The van der Waals surface area contributed by atoms with Crippen molar-refractivity contribution in [2.45, 2.75) is 18.2 Å². The van der Waals surface area contributed by atoms with Crippen LogP contribution >= 0.6 is 15.9 Å². The van der Waals surface area contributed by atoms with Gasteiger partial charge in [0.1, 0.15) is 5.60 Å². The second-order valence-corrected chi connectivity index (χ2v) is 5.01. The number of alkyl halides is 3. The lowest BCUT2D eigenvalue weighted by atomic mass is 9.91. The van der Waals surface area contributed by atoms with Crippen LogP contribution in [-0.4, -0.2) is 18.2 Å². The molecule has 0 bridgehead atoms. The van der Waals surface area contributed by atoms with Gasteiger partial charge >= 0.3 is 6.18 Å². The van der Waals surface area contributed by atoms with Crippen molar-refractivity contribution in [3.63, 3.8) is 0 Å². The highest BCUT2D eigenvalue weighted by Gasteiger charge is 2.37. The van der Waals surface area contributed by atoms with Crippen LogP contribution in [0.3, 0.4) is 0 Å². The highest BCUT2D eigenvalue weighted by atomic mass is 79.9. The molecule has 1 atom stereocenters. The molecule has 1 aromatic carbocycles. The van der Waals surface area contributed by atoms with E-state index in [1.165, 1.54) is 6.07 Å². The van der Waals surface area contributed by atoms with Crippen LogP contribution < -0.4 is 5.32 Å². The summed E-state index contributed by atoms with van der Waals surface area (Å²) in [7, 11) is 0. The van der Waals surface area contributed by atoms with Gasteiger partial charge in [0.2, 0.25) is 0 Å². The van der Waals surface area contributed by atoms with Crippen molar-refractivity contribution >= 4 is 15.9 Å². The number of β-amino-alcohol motifs (C(OH)–C–C–N with tert-alkyl or cyclic N) is 1. The minimum atomic E-state index is -4.39. The van der Waals surface area contributed by atoms with Crippen LogP contribution in [0.15, 0.2) is 22.7 Å². The van der Waals surface area contributed by atoms with Crippen molar-refractivity contribution in [2.24, 2.45) is 0 Å². The van der Waals surface area contributed by atoms with E-state index in [-0.39, 0.29) is 12.1 Å². The van der Waals surface area contributed by atoms with E-state index >= 15 is 0 Å². The highest BCUT2D eigenvalue weighted by molar-refractivity contribution is 9.10. The van der Waals surface area contributed by atoms with E-state index in [1.54, 1.807) is 0 Å². The average Bonchev–Trinajstić information content (AvgIpc) is 2.65. The van der Waals surface area contributed by atoms with Crippen molar-refractivity contribution in [3.05, 3.63) is 33.8 Å². The van der Waals surface area contributed by atoms with Gasteiger partial charge in [0.15, 0.2) is 0 Å². The molecule has 1 aliphatic rings. The Balaban J connectivity index is 2.46. The molecule has 2 nitrogen and oxygen atoms in total. The Morgan fingerprint density at radius 1 is 1.35 bits per heavy atom. The van der Waals surface area contributed by atoms with E-state index in [2.05, 4.69) is 21.2 Å². The topological polar surface area (TPSA) is 32.3 Å². The molecule has 94 valence electrons. The molecule has 1 heterocycles. The monoisotopic (exact) mass is 309 g/mol. The molecule has 6 heteroatoms. The van der Waals surface area contributed by atoms with E-state index in [0.29, 0.717) is 17.4 Å². The summed E-state index contributed by atoms with van der Waals surface area (Å²) in [5.41, 5.74) is -1.67. The van der Waals surface area contributed by atoms with E-state index < -0.39 is 17.3 Å². The Morgan fingerprint density at radius 2 is 2.06 bits per heavy atom. The maximum absolute atomic E-state index is 12.6. The second-order valence-electron chi connectivity index (χ2n) is 4.15. The minimum absolute atomic E-state index is 0.271. The molecule has 0 aromatic heterocycles. The summed E-state index contributed by atoms with van der Waals surface area (Å²) in [5.74, 6) is 0. The zero-order valence-corrected chi connectivity index (χ0v) is 10.4. The third kappa shape index (κ3) is 2.48. The van der Waals surface area contributed by atoms with E-state index in [0.717, 1.165) is 12.1 Å². The van der Waals surface area contributed by atoms with E-state index in [4.69, 9.17) is 0 Å². The maximum Gasteiger partial charge on any atom is 0.416 e. The number of hydrogen-bond acceptors (Lipinski definition) is 2. The van der Waals surface area contributed by atoms with Crippen LogP contribution in [0.25, 0.3) is 0 Å². The van der Waals surface area contributed by atoms with Gasteiger partial charge in [-0.05, 0) is 36.7 Å². The third-order valence-corrected chi connectivity index (χ3v) is 3.62. The molecule has 1 unspecified atom stereocenters. The molecule has 1 aromatic rings. The molecule has 1 aliphatic heterocycles. The molecule has 1 fully saturated rings. The van der Waals surface area contributed by atoms with Crippen LogP contribution in [0.5, 0.6) is 0 Å². The molecular weight excluding hydrogens is 299 g/mol. The second kappa shape index (κ2) is 4.26. The number of halogens is 4. The molecule has 0 spiro atoms. The molecule has 0 aliphatic carbocycles. The van der Waals surface area contributed by atoms with Gasteiger partial charge < -0.3 is 10.4 Å². The predicted octanol–water partition coefficient (Wildman–Crippen LogP) is 2.65. The van der Waals surface area contributed by atoms with Gasteiger partial charge in [-0.15, -0.1) is 0 Å². The van der Waals surface area contributed by atoms with Gasteiger partial charge in [0.25, 0.3) is 0 Å². The summed E-state index contributed by atoms with van der Waals surface area (Å²) < 4.78 is 38.3. The Bertz CT molecular complexity index is 427. The summed E-state index contributed by atoms with van der Waals surface area (Å²) in [6, 6.07) is 3.34. The molecule has 2 N–H and O–H groups in total. The Kier molecular flexibility index (Phi) is 3.22. The zero-order valence-electron chi connectivity index (χ0n) is 8.81. The number of benzene rings is 1. The molecule has 0 amide bonds. The summed E-state index contributed by atoms with van der Waals surface area (Å²) in [6.45, 7) is 0.867. The predicted molar refractivity (Wildman–Crippen MR) is 60.5 cm³/mol. The first kappa shape index (κ1) is 12.9. The largest absolute Gasteiger partial charge is 0.416 e. The van der Waals surface area contributed by atoms with Crippen LogP contribution in [0.1, 0.15) is 17.5 Å². The van der Waals surface area contributed by atoms with Crippen molar-refractivity contribution in [1.82, 2.24) is 5.32 Å². The smallest absolute Gasteiger partial charge is 0.384 e. The highest BCUT2D eigenvalue weighted by Crippen LogP contribution is 2.37. The van der Waals surface area contributed by atoms with Crippen LogP contribution in [0.4, 0.5) is 13.2 Å². The number of rotatable bonds is 1. The standard InChI is InChI=1S/C11H11BrF3NO/c12-9-2-1-7(11(13,14)15)5-8(9)10(17)3-4-16-6-10/h1-2,5,16-17H,3-4,6H2. The molecule has 1 saturated heterocycles. The number of aliphatic hydroxyl groups is 1. The van der Waals surface area contributed by atoms with Gasteiger partial charge in [-0.2, -0.15) is 13.2 Å². The van der Waals surface area contributed by atoms with Gasteiger partial charge in [0.05, 0.1) is 5.56 Å². The molecule has 0 radical (unpaired) electrons. The van der Waals surface area contributed by atoms with Crippen molar-refractivity contribution in [2.75, 3.05) is 13.1 Å². The van der Waals surface area contributed by atoms with Crippen molar-refractivity contribution < 1.29 is 18.3 Å². The zero-order chi connectivity index (χ0) is 12.7. The van der Waals surface area contributed by atoms with Gasteiger partial charge in [0, 0.05) is 11.0 Å². The average molecular weight is 310 g/mol. The minimum Gasteiger partial charge on any atom is -0.384 e. The lowest BCUT2D eigenvalue weighted by Gasteiger charge is -2.24. The van der Waals surface area contributed by atoms with E-state index in [1.807, 2.05) is 0 Å². The number of hydrogen-bond donors (Lipinski definition) is 2. The maximum atomic E-state index is 12.6. The van der Waals surface area contributed by atoms with Crippen molar-refractivity contribution in [1.29, 1.82) is 0 Å². The molecule has 2 rings (SSSR count). The van der Waals surface area contributed by atoms with Crippen LogP contribution in [0, 0.1) is 0 Å². The number of nitrogens with one attached hydrogen (secondary N) is 1. The van der Waals surface area contributed by atoms with Gasteiger partial charge in [-0.1, -0.05) is 15.9 Å². The molecule has 0 saturated carbocycles. The first-order valence-corrected chi connectivity index (χ1v) is 5.92. The summed E-state index contributed by atoms with van der Waals surface area (Å²) >= 11 is 3.19. The summed E-state index contributed by atoms with van der Waals surface area (Å²) in [6.07, 6.45) is -3.98. The van der Waals surface area contributed by atoms with Crippen LogP contribution in [-0.2, 0) is 11.8 Å². The molecule has 17 heavy (non-hydrogen) atoms. The fourth-order valence-corrected chi connectivity index (χ4v) is 2.58. The van der Waals surface area contributed by atoms with Gasteiger partial charge in [-0.3, -0.25) is 0 Å². The Hall–Kier alpha value is -0.590. The Labute approximate surface area is 105 Å². The third-order valence-electron chi connectivity index (χ3n) is 2.93. The fraction of sp³-hybridized carbons (Fsp3) is 0.455. The normalized spacial score (nSPS) is 25.2. The lowest BCUT2D eigenvalue weighted by Crippen LogP contribution is -2.29. The first-order valence-electron chi connectivity index (χ1n) is 5.13. The fourth-order valence-electron chi connectivity index (χ4n) is 1.97. The molecular formula is C11H11BrF3NO. The first-order chi connectivity index (χ1) is 7.83. The quantitative estimate of drug-likeness (QED) is 0.836. The Morgan fingerprint density at radius 3 is 2.59 bits per heavy atom. The van der Waals surface area contributed by atoms with Crippen LogP contribution in [0.2, 0.25) is 0 Å². The van der Waals surface area contributed by atoms with Gasteiger partial charge in [-0.25, -0.2) is 0 Å². The van der Waals surface area contributed by atoms with Crippen molar-refractivity contribution in [3.8, 4) is 0 Å². The summed E-state index contributed by atoms with van der Waals surface area (Å²) in [5, 5.41) is 13.2. The SMILES string of the molecule is OC1(c2cc(C(F)(F)F)ccc2Br)CCNC1. The summed E-state index contributed by atoms with van der Waals surface area (Å²) in [4.78, 5) is 0. The van der Waals surface area contributed by atoms with E-state index in [9.17, 15) is 18.3 Å². The lowest BCUT2D eigenvalue weighted by molar-refractivity contribution is -0.137.